The third kappa shape index (κ3) is 2.77. The number of rotatable bonds is 5. The van der Waals surface area contributed by atoms with Gasteiger partial charge in [-0.1, -0.05) is 19.4 Å². The van der Waals surface area contributed by atoms with Gasteiger partial charge in [0, 0.05) is 12.2 Å². The molecule has 0 aromatic heterocycles. The van der Waals surface area contributed by atoms with E-state index in [1.807, 2.05) is 0 Å². The van der Waals surface area contributed by atoms with Crippen molar-refractivity contribution in [2.45, 2.75) is 44.4 Å². The monoisotopic (exact) mass is 282 g/mol. The van der Waals surface area contributed by atoms with Crippen LogP contribution in [0.4, 0.5) is 5.69 Å². The van der Waals surface area contributed by atoms with E-state index in [1.54, 1.807) is 25.1 Å². The number of nitrogen functional groups attached to an aromatic ring is 1. The molecule has 0 unspecified atom stereocenters. The molecular formula is C14H22N2O2S. The van der Waals surface area contributed by atoms with Crippen LogP contribution in [-0.4, -0.2) is 15.0 Å². The number of nitrogens with one attached hydrogen (secondary N) is 1. The zero-order valence-corrected chi connectivity index (χ0v) is 12.4. The van der Waals surface area contributed by atoms with Crippen molar-refractivity contribution >= 4 is 15.7 Å². The maximum atomic E-state index is 12.3. The van der Waals surface area contributed by atoms with Gasteiger partial charge >= 0.3 is 0 Å². The van der Waals surface area contributed by atoms with E-state index in [9.17, 15) is 8.42 Å². The topological polar surface area (TPSA) is 72.2 Å². The molecule has 1 saturated carbocycles. The maximum absolute atomic E-state index is 12.3. The fourth-order valence-corrected chi connectivity index (χ4v) is 4.01. The van der Waals surface area contributed by atoms with Gasteiger partial charge in [-0.3, -0.25) is 0 Å². The molecule has 5 heteroatoms. The van der Waals surface area contributed by atoms with Crippen LogP contribution in [0.3, 0.4) is 0 Å². The molecule has 1 fully saturated rings. The van der Waals surface area contributed by atoms with Gasteiger partial charge in [0.1, 0.15) is 0 Å². The Morgan fingerprint density at radius 2 is 2.05 bits per heavy atom. The SMILES string of the molecule is CCC1(CNS(=O)(=O)c2cccc(N)c2C)CCC1. The number of hydrogen-bond acceptors (Lipinski definition) is 3. The predicted molar refractivity (Wildman–Crippen MR) is 77.4 cm³/mol. The van der Waals surface area contributed by atoms with Crippen molar-refractivity contribution in [1.29, 1.82) is 0 Å². The molecule has 0 amide bonds. The van der Waals surface area contributed by atoms with E-state index in [1.165, 1.54) is 6.42 Å². The minimum absolute atomic E-state index is 0.168. The molecule has 106 valence electrons. The lowest BCUT2D eigenvalue weighted by Crippen LogP contribution is -2.41. The average Bonchev–Trinajstić information content (AvgIpc) is 2.31. The first-order valence-corrected chi connectivity index (χ1v) is 8.23. The Kier molecular flexibility index (Phi) is 3.87. The normalized spacial score (nSPS) is 18.0. The Morgan fingerprint density at radius 3 is 2.58 bits per heavy atom. The van der Waals surface area contributed by atoms with E-state index in [2.05, 4.69) is 11.6 Å². The molecule has 1 aromatic carbocycles. The lowest BCUT2D eigenvalue weighted by atomic mass is 9.67. The van der Waals surface area contributed by atoms with Gasteiger partial charge in [0.05, 0.1) is 4.90 Å². The summed E-state index contributed by atoms with van der Waals surface area (Å²) in [6, 6.07) is 5.00. The largest absolute Gasteiger partial charge is 0.398 e. The highest BCUT2D eigenvalue weighted by Crippen LogP contribution is 2.43. The smallest absolute Gasteiger partial charge is 0.240 e. The van der Waals surface area contributed by atoms with Gasteiger partial charge in [-0.15, -0.1) is 0 Å². The van der Waals surface area contributed by atoms with Crippen LogP contribution < -0.4 is 10.5 Å². The van der Waals surface area contributed by atoms with Crippen LogP contribution in [0.25, 0.3) is 0 Å². The third-order valence-corrected chi connectivity index (χ3v) is 5.96. The second-order valence-corrected chi connectivity index (χ2v) is 7.24. The summed E-state index contributed by atoms with van der Waals surface area (Å²) in [6.07, 6.45) is 4.45. The fourth-order valence-electron chi connectivity index (χ4n) is 2.58. The zero-order chi connectivity index (χ0) is 14.1. The summed E-state index contributed by atoms with van der Waals surface area (Å²) >= 11 is 0. The van der Waals surface area contributed by atoms with Crippen molar-refractivity contribution in [2.75, 3.05) is 12.3 Å². The molecule has 0 saturated heterocycles. The first-order chi connectivity index (χ1) is 8.90. The second kappa shape index (κ2) is 5.13. The quantitative estimate of drug-likeness (QED) is 0.815. The summed E-state index contributed by atoms with van der Waals surface area (Å²) in [5.41, 5.74) is 7.07. The van der Waals surface area contributed by atoms with E-state index in [0.717, 1.165) is 19.3 Å². The van der Waals surface area contributed by atoms with E-state index in [4.69, 9.17) is 5.73 Å². The Morgan fingerprint density at radius 1 is 1.37 bits per heavy atom. The molecule has 19 heavy (non-hydrogen) atoms. The molecule has 0 bridgehead atoms. The minimum Gasteiger partial charge on any atom is -0.398 e. The Bertz CT molecular complexity index is 557. The van der Waals surface area contributed by atoms with E-state index < -0.39 is 10.0 Å². The summed E-state index contributed by atoms with van der Waals surface area (Å²) in [6.45, 7) is 4.39. The van der Waals surface area contributed by atoms with Crippen molar-refractivity contribution in [3.63, 3.8) is 0 Å². The highest BCUT2D eigenvalue weighted by atomic mass is 32.2. The number of anilines is 1. The molecule has 0 radical (unpaired) electrons. The molecule has 4 nitrogen and oxygen atoms in total. The Balaban J connectivity index is 2.16. The summed E-state index contributed by atoms with van der Waals surface area (Å²) in [4.78, 5) is 0.290. The van der Waals surface area contributed by atoms with E-state index >= 15 is 0 Å². The molecule has 0 atom stereocenters. The van der Waals surface area contributed by atoms with Gasteiger partial charge in [0.2, 0.25) is 10.0 Å². The van der Waals surface area contributed by atoms with E-state index in [-0.39, 0.29) is 10.3 Å². The molecular weight excluding hydrogens is 260 g/mol. The van der Waals surface area contributed by atoms with Crippen molar-refractivity contribution in [3.05, 3.63) is 23.8 Å². The van der Waals surface area contributed by atoms with Gasteiger partial charge in [-0.05, 0) is 49.3 Å². The van der Waals surface area contributed by atoms with Gasteiger partial charge in [0.25, 0.3) is 0 Å². The van der Waals surface area contributed by atoms with Crippen molar-refractivity contribution in [3.8, 4) is 0 Å². The molecule has 0 heterocycles. The summed E-state index contributed by atoms with van der Waals surface area (Å²) in [5, 5.41) is 0. The summed E-state index contributed by atoms with van der Waals surface area (Å²) in [5.74, 6) is 0. The van der Waals surface area contributed by atoms with Crippen molar-refractivity contribution < 1.29 is 8.42 Å². The molecule has 0 aliphatic heterocycles. The first-order valence-electron chi connectivity index (χ1n) is 6.75. The van der Waals surface area contributed by atoms with Gasteiger partial charge in [-0.25, -0.2) is 13.1 Å². The predicted octanol–water partition coefficient (Wildman–Crippen LogP) is 2.44. The molecule has 1 aliphatic rings. The third-order valence-electron chi connectivity index (χ3n) is 4.42. The van der Waals surface area contributed by atoms with Crippen LogP contribution in [0.2, 0.25) is 0 Å². The molecule has 1 aromatic rings. The number of hydrogen-bond donors (Lipinski definition) is 2. The number of nitrogens with two attached hydrogens (primary N) is 1. The van der Waals surface area contributed by atoms with Crippen LogP contribution in [0.1, 0.15) is 38.2 Å². The number of sulfonamides is 1. The van der Waals surface area contributed by atoms with Crippen LogP contribution in [-0.2, 0) is 10.0 Å². The lowest BCUT2D eigenvalue weighted by Gasteiger charge is -2.41. The molecule has 3 N–H and O–H groups in total. The van der Waals surface area contributed by atoms with Crippen molar-refractivity contribution in [2.24, 2.45) is 5.41 Å². The minimum atomic E-state index is -3.46. The molecule has 1 aliphatic carbocycles. The van der Waals surface area contributed by atoms with Crippen LogP contribution in [0, 0.1) is 12.3 Å². The highest BCUT2D eigenvalue weighted by Gasteiger charge is 2.36. The van der Waals surface area contributed by atoms with Gasteiger partial charge in [0.15, 0.2) is 0 Å². The Hall–Kier alpha value is -1.07. The number of benzene rings is 1. The fraction of sp³-hybridized carbons (Fsp3) is 0.571. The molecule has 2 rings (SSSR count). The first kappa shape index (κ1) is 14.3. The van der Waals surface area contributed by atoms with Crippen LogP contribution in [0.15, 0.2) is 23.1 Å². The average molecular weight is 282 g/mol. The van der Waals surface area contributed by atoms with Crippen LogP contribution >= 0.6 is 0 Å². The van der Waals surface area contributed by atoms with Gasteiger partial charge < -0.3 is 5.73 Å². The highest BCUT2D eigenvalue weighted by molar-refractivity contribution is 7.89. The summed E-state index contributed by atoms with van der Waals surface area (Å²) in [7, 11) is -3.46. The van der Waals surface area contributed by atoms with Gasteiger partial charge in [-0.2, -0.15) is 0 Å². The zero-order valence-electron chi connectivity index (χ0n) is 11.6. The second-order valence-electron chi connectivity index (χ2n) is 5.50. The van der Waals surface area contributed by atoms with Crippen molar-refractivity contribution in [1.82, 2.24) is 4.72 Å². The molecule has 0 spiro atoms. The summed E-state index contributed by atoms with van der Waals surface area (Å²) < 4.78 is 27.4. The van der Waals surface area contributed by atoms with E-state index in [0.29, 0.717) is 17.8 Å². The van der Waals surface area contributed by atoms with Crippen LogP contribution in [0.5, 0.6) is 0 Å². The lowest BCUT2D eigenvalue weighted by molar-refractivity contribution is 0.133. The standard InChI is InChI=1S/C14H22N2O2S/c1-3-14(8-5-9-14)10-16-19(17,18)13-7-4-6-12(15)11(13)2/h4,6-7,16H,3,5,8-10,15H2,1-2H3. The maximum Gasteiger partial charge on any atom is 0.240 e. The Labute approximate surface area is 115 Å².